The lowest BCUT2D eigenvalue weighted by Gasteiger charge is -2.05. The lowest BCUT2D eigenvalue weighted by molar-refractivity contribution is -0.120. The smallest absolute Gasteiger partial charge is 0.287 e. The minimum absolute atomic E-state index is 0.115. The van der Waals surface area contributed by atoms with Crippen molar-refractivity contribution in [1.29, 1.82) is 0 Å². The van der Waals surface area contributed by atoms with Crippen LogP contribution < -0.4 is 10.6 Å². The van der Waals surface area contributed by atoms with E-state index in [1.807, 2.05) is 12.1 Å². The first-order valence-corrected chi connectivity index (χ1v) is 7.38. The first-order valence-electron chi connectivity index (χ1n) is 7.00. The second-order valence-corrected chi connectivity index (χ2v) is 5.08. The van der Waals surface area contributed by atoms with Crippen LogP contribution in [-0.4, -0.2) is 38.6 Å². The number of hydrogen-bond acceptors (Lipinski definition) is 4. The van der Waals surface area contributed by atoms with Crippen LogP contribution in [-0.2, 0) is 9.53 Å². The van der Waals surface area contributed by atoms with Crippen molar-refractivity contribution in [2.24, 2.45) is 0 Å². The Kier molecular flexibility index (Phi) is 6.19. The third-order valence-electron chi connectivity index (χ3n) is 3.01. The van der Waals surface area contributed by atoms with Gasteiger partial charge in [-0.25, -0.2) is 0 Å². The molecule has 1 aromatic carbocycles. The van der Waals surface area contributed by atoms with E-state index in [0.717, 1.165) is 0 Å². The Balaban J connectivity index is 1.91. The summed E-state index contributed by atoms with van der Waals surface area (Å²) in [5.41, 5.74) is 0.700. The van der Waals surface area contributed by atoms with Crippen LogP contribution in [0.15, 0.2) is 40.8 Å². The standard InChI is InChI=1S/C16H17ClN2O4/c1-22-9-8-18-15(20)10-19-16(21)14-7-6-13(23-14)11-4-2-3-5-12(11)17/h2-7H,8-10H2,1H3,(H,18,20)(H,19,21). The first kappa shape index (κ1) is 17.1. The van der Waals surface area contributed by atoms with Gasteiger partial charge >= 0.3 is 0 Å². The molecule has 0 aliphatic carbocycles. The summed E-state index contributed by atoms with van der Waals surface area (Å²) in [6.07, 6.45) is 0. The molecule has 0 fully saturated rings. The average molecular weight is 337 g/mol. The zero-order valence-electron chi connectivity index (χ0n) is 12.6. The Morgan fingerprint density at radius 3 is 2.70 bits per heavy atom. The van der Waals surface area contributed by atoms with Gasteiger partial charge in [0.15, 0.2) is 5.76 Å². The molecule has 0 radical (unpaired) electrons. The maximum Gasteiger partial charge on any atom is 0.287 e. The molecule has 0 spiro atoms. The van der Waals surface area contributed by atoms with Crippen molar-refractivity contribution in [3.8, 4) is 11.3 Å². The lowest BCUT2D eigenvalue weighted by Crippen LogP contribution is -2.38. The molecule has 6 nitrogen and oxygen atoms in total. The van der Waals surface area contributed by atoms with Crippen molar-refractivity contribution in [1.82, 2.24) is 10.6 Å². The number of carbonyl (C=O) groups excluding carboxylic acids is 2. The van der Waals surface area contributed by atoms with Gasteiger partial charge in [-0.3, -0.25) is 9.59 Å². The van der Waals surface area contributed by atoms with Crippen LogP contribution in [0.25, 0.3) is 11.3 Å². The highest BCUT2D eigenvalue weighted by Gasteiger charge is 2.14. The fraction of sp³-hybridized carbons (Fsp3) is 0.250. The van der Waals surface area contributed by atoms with Gasteiger partial charge in [0.1, 0.15) is 5.76 Å². The van der Waals surface area contributed by atoms with E-state index in [0.29, 0.717) is 29.5 Å². The predicted molar refractivity (Wildman–Crippen MR) is 86.4 cm³/mol. The molecule has 7 heteroatoms. The van der Waals surface area contributed by atoms with Crippen molar-refractivity contribution < 1.29 is 18.7 Å². The van der Waals surface area contributed by atoms with Crippen molar-refractivity contribution >= 4 is 23.4 Å². The van der Waals surface area contributed by atoms with E-state index in [9.17, 15) is 9.59 Å². The van der Waals surface area contributed by atoms with Crippen molar-refractivity contribution in [2.45, 2.75) is 0 Å². The second kappa shape index (κ2) is 8.36. The van der Waals surface area contributed by atoms with Crippen molar-refractivity contribution in [2.75, 3.05) is 26.8 Å². The number of methoxy groups -OCH3 is 1. The van der Waals surface area contributed by atoms with Crippen molar-refractivity contribution in [3.63, 3.8) is 0 Å². The van der Waals surface area contributed by atoms with E-state index in [2.05, 4.69) is 10.6 Å². The summed E-state index contributed by atoms with van der Waals surface area (Å²) in [6.45, 7) is 0.673. The largest absolute Gasteiger partial charge is 0.451 e. The molecule has 2 rings (SSSR count). The second-order valence-electron chi connectivity index (χ2n) is 4.67. The molecule has 0 aliphatic rings. The number of amides is 2. The van der Waals surface area contributed by atoms with Crippen LogP contribution >= 0.6 is 11.6 Å². The minimum Gasteiger partial charge on any atom is -0.451 e. The molecule has 0 bridgehead atoms. The van der Waals surface area contributed by atoms with E-state index in [1.165, 1.54) is 6.07 Å². The van der Waals surface area contributed by atoms with Gasteiger partial charge in [-0.15, -0.1) is 0 Å². The Labute approximate surface area is 138 Å². The predicted octanol–water partition coefficient (Wildman–Crippen LogP) is 2.09. The van der Waals surface area contributed by atoms with Crippen LogP contribution in [0.3, 0.4) is 0 Å². The molecule has 1 heterocycles. The van der Waals surface area contributed by atoms with Gasteiger partial charge in [0, 0.05) is 19.2 Å². The Morgan fingerprint density at radius 1 is 1.17 bits per heavy atom. The minimum atomic E-state index is -0.467. The maximum atomic E-state index is 12.0. The topological polar surface area (TPSA) is 80.6 Å². The van der Waals surface area contributed by atoms with E-state index in [4.69, 9.17) is 20.8 Å². The molecule has 2 N–H and O–H groups in total. The Hall–Kier alpha value is -2.31. The van der Waals surface area contributed by atoms with Gasteiger partial charge in [-0.2, -0.15) is 0 Å². The van der Waals surface area contributed by atoms with Gasteiger partial charge in [0.25, 0.3) is 5.91 Å². The van der Waals surface area contributed by atoms with Crippen LogP contribution in [0.1, 0.15) is 10.6 Å². The molecule has 122 valence electrons. The maximum absolute atomic E-state index is 12.0. The van der Waals surface area contributed by atoms with Gasteiger partial charge in [0.05, 0.1) is 18.2 Å². The van der Waals surface area contributed by atoms with Gasteiger partial charge < -0.3 is 19.8 Å². The van der Waals surface area contributed by atoms with E-state index in [-0.39, 0.29) is 18.2 Å². The van der Waals surface area contributed by atoms with E-state index in [1.54, 1.807) is 25.3 Å². The Morgan fingerprint density at radius 2 is 1.96 bits per heavy atom. The summed E-state index contributed by atoms with van der Waals surface area (Å²) in [5.74, 6) is -0.159. The highest BCUT2D eigenvalue weighted by molar-refractivity contribution is 6.33. The fourth-order valence-electron chi connectivity index (χ4n) is 1.87. The highest BCUT2D eigenvalue weighted by atomic mass is 35.5. The molecular weight excluding hydrogens is 320 g/mol. The third kappa shape index (κ3) is 4.84. The summed E-state index contributed by atoms with van der Waals surface area (Å²) in [6, 6.07) is 10.4. The summed E-state index contributed by atoms with van der Waals surface area (Å²) in [5, 5.41) is 5.62. The molecule has 0 saturated carbocycles. The molecular formula is C16H17ClN2O4. The molecule has 23 heavy (non-hydrogen) atoms. The zero-order valence-corrected chi connectivity index (χ0v) is 13.4. The third-order valence-corrected chi connectivity index (χ3v) is 3.34. The lowest BCUT2D eigenvalue weighted by atomic mass is 10.2. The zero-order chi connectivity index (χ0) is 16.7. The summed E-state index contributed by atoms with van der Waals surface area (Å²) in [4.78, 5) is 23.5. The number of rotatable bonds is 7. The van der Waals surface area contributed by atoms with Gasteiger partial charge in [-0.1, -0.05) is 23.7 Å². The fourth-order valence-corrected chi connectivity index (χ4v) is 2.10. The number of benzene rings is 1. The number of carbonyl (C=O) groups is 2. The SMILES string of the molecule is COCCNC(=O)CNC(=O)c1ccc(-c2ccccc2Cl)o1. The van der Waals surface area contributed by atoms with Gasteiger partial charge in [0.2, 0.25) is 5.91 Å². The number of halogens is 1. The normalized spacial score (nSPS) is 10.3. The monoisotopic (exact) mass is 336 g/mol. The van der Waals surface area contributed by atoms with Crippen LogP contribution in [0.4, 0.5) is 0 Å². The number of ether oxygens (including phenoxy) is 1. The van der Waals surface area contributed by atoms with Crippen molar-refractivity contribution in [3.05, 3.63) is 47.2 Å². The molecule has 0 saturated heterocycles. The van der Waals surface area contributed by atoms with Crippen LogP contribution in [0, 0.1) is 0 Å². The Bertz CT molecular complexity index is 684. The number of hydrogen-bond donors (Lipinski definition) is 2. The van der Waals surface area contributed by atoms with Crippen LogP contribution in [0.5, 0.6) is 0 Å². The summed E-state index contributed by atoms with van der Waals surface area (Å²) < 4.78 is 10.3. The molecule has 2 aromatic rings. The van der Waals surface area contributed by atoms with Crippen LogP contribution in [0.2, 0.25) is 5.02 Å². The number of nitrogens with one attached hydrogen (secondary N) is 2. The quantitative estimate of drug-likeness (QED) is 0.759. The van der Waals surface area contributed by atoms with Gasteiger partial charge in [-0.05, 0) is 24.3 Å². The highest BCUT2D eigenvalue weighted by Crippen LogP contribution is 2.28. The molecule has 1 aromatic heterocycles. The average Bonchev–Trinajstić information content (AvgIpc) is 3.03. The molecule has 0 atom stereocenters. The molecule has 0 unspecified atom stereocenters. The number of furan rings is 1. The molecule has 0 aliphatic heterocycles. The van der Waals surface area contributed by atoms with E-state index < -0.39 is 5.91 Å². The first-order chi connectivity index (χ1) is 11.1. The van der Waals surface area contributed by atoms with E-state index >= 15 is 0 Å². The summed E-state index contributed by atoms with van der Waals surface area (Å²) >= 11 is 6.09. The summed E-state index contributed by atoms with van der Waals surface area (Å²) in [7, 11) is 1.54. The molecule has 2 amide bonds.